The van der Waals surface area contributed by atoms with Crippen molar-refractivity contribution in [3.05, 3.63) is 66.5 Å². The van der Waals surface area contributed by atoms with Crippen molar-refractivity contribution < 1.29 is 9.84 Å². The highest BCUT2D eigenvalue weighted by Gasteiger charge is 2.10. The summed E-state index contributed by atoms with van der Waals surface area (Å²) in [5, 5.41) is 13.6. The lowest BCUT2D eigenvalue weighted by Gasteiger charge is -2.25. The predicted octanol–water partition coefficient (Wildman–Crippen LogP) is 6.31. The number of rotatable bonds is 16. The Hall–Kier alpha value is -2.48. The molecule has 0 spiro atoms. The van der Waals surface area contributed by atoms with Gasteiger partial charge in [0, 0.05) is 25.2 Å². The van der Waals surface area contributed by atoms with E-state index in [0.717, 1.165) is 56.6 Å². The molecule has 184 valence electrons. The van der Waals surface area contributed by atoms with Crippen molar-refractivity contribution in [1.29, 1.82) is 0 Å². The maximum absolute atomic E-state index is 10.3. The lowest BCUT2D eigenvalue weighted by Crippen LogP contribution is -2.30. The summed E-state index contributed by atoms with van der Waals surface area (Å²) in [5.74, 6) is 3.72. The molecule has 0 heterocycles. The Kier molecular flexibility index (Phi) is 18.6. The van der Waals surface area contributed by atoms with Crippen molar-refractivity contribution in [2.24, 2.45) is 5.92 Å². The third kappa shape index (κ3) is 14.3. The molecule has 4 heteroatoms. The van der Waals surface area contributed by atoms with E-state index in [0.29, 0.717) is 12.3 Å². The molecule has 0 aliphatic heterocycles. The summed E-state index contributed by atoms with van der Waals surface area (Å²) in [5.41, 5.74) is 2.41. The van der Waals surface area contributed by atoms with Crippen molar-refractivity contribution in [2.75, 3.05) is 31.6 Å². The summed E-state index contributed by atoms with van der Waals surface area (Å²) < 4.78 is 5.44. The smallest absolute Gasteiger partial charge is 0.117 e. The first-order chi connectivity index (χ1) is 16.0. The molecule has 0 aromatic heterocycles. The summed E-state index contributed by atoms with van der Waals surface area (Å²) in [4.78, 5) is 2.42. The minimum Gasteiger partial charge on any atom is -0.497 e. The lowest BCUT2D eigenvalue weighted by molar-refractivity contribution is 0.138. The van der Waals surface area contributed by atoms with E-state index >= 15 is 0 Å². The molecule has 1 rings (SSSR count). The van der Waals surface area contributed by atoms with Crippen LogP contribution in [0.4, 0.5) is 5.69 Å². The largest absolute Gasteiger partial charge is 0.497 e. The number of para-hydroxylation sites is 1. The Morgan fingerprint density at radius 3 is 2.52 bits per heavy atom. The third-order valence-corrected chi connectivity index (χ3v) is 5.42. The highest BCUT2D eigenvalue weighted by molar-refractivity contribution is 5.45. The third-order valence-electron chi connectivity index (χ3n) is 5.42. The van der Waals surface area contributed by atoms with E-state index < -0.39 is 6.23 Å². The zero-order valence-corrected chi connectivity index (χ0v) is 21.5. The molecule has 0 bridgehead atoms. The maximum Gasteiger partial charge on any atom is 0.117 e. The highest BCUT2D eigenvalue weighted by atomic mass is 16.5. The van der Waals surface area contributed by atoms with E-state index in [-0.39, 0.29) is 0 Å². The van der Waals surface area contributed by atoms with Gasteiger partial charge in [-0.25, -0.2) is 0 Å². The van der Waals surface area contributed by atoms with Gasteiger partial charge in [0.2, 0.25) is 0 Å². The SMILES string of the molecule is C#CC.C=CCCC(=C/CC(O)NCCC(C)CCN(CC)c1ccccc1)/C(=C\C)OC. The molecule has 0 saturated carbocycles. The Morgan fingerprint density at radius 1 is 1.30 bits per heavy atom. The van der Waals surface area contributed by atoms with Crippen LogP contribution in [0.2, 0.25) is 0 Å². The molecule has 2 atom stereocenters. The molecule has 0 aliphatic rings. The van der Waals surface area contributed by atoms with Crippen LogP contribution in [0, 0.1) is 18.3 Å². The van der Waals surface area contributed by atoms with Crippen molar-refractivity contribution in [2.45, 2.75) is 66.0 Å². The van der Waals surface area contributed by atoms with Gasteiger partial charge >= 0.3 is 0 Å². The van der Waals surface area contributed by atoms with Gasteiger partial charge in [0.25, 0.3) is 0 Å². The maximum atomic E-state index is 10.3. The van der Waals surface area contributed by atoms with Crippen LogP contribution in [0.5, 0.6) is 0 Å². The van der Waals surface area contributed by atoms with Crippen LogP contribution in [-0.4, -0.2) is 38.1 Å². The fourth-order valence-electron chi connectivity index (χ4n) is 3.48. The fraction of sp³-hybridized carbons (Fsp3) is 0.517. The number of hydrogen-bond donors (Lipinski definition) is 2. The number of methoxy groups -OCH3 is 1. The molecule has 2 unspecified atom stereocenters. The van der Waals surface area contributed by atoms with E-state index in [9.17, 15) is 5.11 Å². The number of terminal acetylenes is 1. The molecule has 33 heavy (non-hydrogen) atoms. The van der Waals surface area contributed by atoms with E-state index in [1.807, 2.05) is 19.1 Å². The first-order valence-corrected chi connectivity index (χ1v) is 12.1. The van der Waals surface area contributed by atoms with E-state index in [2.05, 4.69) is 79.4 Å². The van der Waals surface area contributed by atoms with Crippen LogP contribution in [0.25, 0.3) is 0 Å². The normalized spacial score (nSPS) is 13.2. The summed E-state index contributed by atoms with van der Waals surface area (Å²) in [6.07, 6.45) is 14.5. The van der Waals surface area contributed by atoms with Crippen molar-refractivity contribution in [3.8, 4) is 12.3 Å². The summed E-state index contributed by atoms with van der Waals surface area (Å²) >= 11 is 0. The zero-order chi connectivity index (χ0) is 24.9. The number of nitrogens with zero attached hydrogens (tertiary/aromatic N) is 1. The van der Waals surface area contributed by atoms with Gasteiger partial charge in [0.05, 0.1) is 7.11 Å². The number of benzene rings is 1. The second-order valence-corrected chi connectivity index (χ2v) is 8.01. The molecule has 1 aromatic rings. The predicted molar refractivity (Wildman–Crippen MR) is 144 cm³/mol. The van der Waals surface area contributed by atoms with E-state index in [1.165, 1.54) is 5.69 Å². The van der Waals surface area contributed by atoms with Crippen LogP contribution >= 0.6 is 0 Å². The summed E-state index contributed by atoms with van der Waals surface area (Å²) in [6, 6.07) is 10.6. The number of hydrogen-bond acceptors (Lipinski definition) is 4. The monoisotopic (exact) mass is 454 g/mol. The van der Waals surface area contributed by atoms with Crippen LogP contribution in [0.1, 0.15) is 59.8 Å². The number of aliphatic hydroxyl groups is 1. The van der Waals surface area contributed by atoms with Crippen molar-refractivity contribution in [3.63, 3.8) is 0 Å². The number of anilines is 1. The standard InChI is InChI=1S/C26H42N2O2.C3H4/c1-6-9-13-23(25(7-2)30-5)16-17-26(29)27-20-18-22(4)19-21-28(8-3)24-14-11-10-12-15-24;1-3-2/h6-7,10-12,14-16,22,26-27,29H,1,8-9,13,17-21H2,2-5H3;1H,2H3/b23-16-,25-7+;. The molecule has 0 radical (unpaired) electrons. The molecule has 0 aliphatic carbocycles. The van der Waals surface area contributed by atoms with Crippen molar-refractivity contribution >= 4 is 5.69 Å². The fourth-order valence-corrected chi connectivity index (χ4v) is 3.48. The van der Waals surface area contributed by atoms with Gasteiger partial charge in [0.15, 0.2) is 0 Å². The molecule has 1 aromatic carbocycles. The summed E-state index contributed by atoms with van der Waals surface area (Å²) in [7, 11) is 1.69. The molecule has 0 amide bonds. The molecular weight excluding hydrogens is 408 g/mol. The lowest BCUT2D eigenvalue weighted by atomic mass is 10.0. The van der Waals surface area contributed by atoms with Gasteiger partial charge in [0.1, 0.15) is 12.0 Å². The van der Waals surface area contributed by atoms with Gasteiger partial charge in [-0.1, -0.05) is 37.3 Å². The summed E-state index contributed by atoms with van der Waals surface area (Å²) in [6.45, 7) is 14.8. The zero-order valence-electron chi connectivity index (χ0n) is 21.5. The van der Waals surface area contributed by atoms with Crippen LogP contribution < -0.4 is 10.2 Å². The Labute approximate surface area is 203 Å². The number of allylic oxidation sites excluding steroid dienone is 3. The molecule has 0 saturated heterocycles. The molecule has 0 fully saturated rings. The van der Waals surface area contributed by atoms with Crippen LogP contribution in [-0.2, 0) is 4.74 Å². The minimum atomic E-state index is -0.539. The van der Waals surface area contributed by atoms with Crippen LogP contribution in [0.15, 0.2) is 66.5 Å². The Balaban J connectivity index is 0.00000322. The van der Waals surface area contributed by atoms with Gasteiger partial charge in [-0.2, -0.15) is 0 Å². The average molecular weight is 455 g/mol. The highest BCUT2D eigenvalue weighted by Crippen LogP contribution is 2.19. The van der Waals surface area contributed by atoms with Crippen molar-refractivity contribution in [1.82, 2.24) is 5.32 Å². The Morgan fingerprint density at radius 2 is 1.97 bits per heavy atom. The van der Waals surface area contributed by atoms with Crippen LogP contribution in [0.3, 0.4) is 0 Å². The van der Waals surface area contributed by atoms with Gasteiger partial charge in [-0.15, -0.1) is 18.9 Å². The number of ether oxygens (including phenoxy) is 1. The molecule has 4 nitrogen and oxygen atoms in total. The second-order valence-electron chi connectivity index (χ2n) is 8.01. The van der Waals surface area contributed by atoms with E-state index in [4.69, 9.17) is 4.74 Å². The topological polar surface area (TPSA) is 44.7 Å². The quantitative estimate of drug-likeness (QED) is 0.101. The molecule has 2 N–H and O–H groups in total. The molecular formula is C29H46N2O2. The first-order valence-electron chi connectivity index (χ1n) is 12.1. The van der Waals surface area contributed by atoms with E-state index in [1.54, 1.807) is 14.0 Å². The first kappa shape index (κ1) is 30.5. The second kappa shape index (κ2) is 20.1. The van der Waals surface area contributed by atoms with Gasteiger partial charge < -0.3 is 14.7 Å². The van der Waals surface area contributed by atoms with Gasteiger partial charge in [-0.05, 0) is 82.7 Å². The average Bonchev–Trinajstić information content (AvgIpc) is 2.82. The number of nitrogens with one attached hydrogen (secondary N) is 1. The minimum absolute atomic E-state index is 0.539. The Bertz CT molecular complexity index is 719. The van der Waals surface area contributed by atoms with Gasteiger partial charge in [-0.3, -0.25) is 5.32 Å². The number of aliphatic hydroxyl groups excluding tert-OH is 1.